The Labute approximate surface area is 59.4 Å². The molecule has 0 saturated carbocycles. The van der Waals surface area contributed by atoms with Crippen molar-refractivity contribution in [2.75, 3.05) is 6.67 Å². The van der Waals surface area contributed by atoms with Gasteiger partial charge in [-0.1, -0.05) is 0 Å². The second-order valence-electron chi connectivity index (χ2n) is 2.26. The van der Waals surface area contributed by atoms with Crippen molar-refractivity contribution in [2.24, 2.45) is 4.99 Å². The summed E-state index contributed by atoms with van der Waals surface area (Å²) in [6, 6.07) is 0.0551. The third kappa shape index (κ3) is 1.56. The molecule has 1 rings (SSSR count). The Hall–Kier alpha value is -0.860. The highest BCUT2D eigenvalue weighted by Gasteiger charge is 2.09. The Balaban J connectivity index is 2.65. The van der Waals surface area contributed by atoms with Gasteiger partial charge in [0.25, 0.3) is 0 Å². The lowest BCUT2D eigenvalue weighted by Gasteiger charge is -2.13. The van der Waals surface area contributed by atoms with E-state index in [-0.39, 0.29) is 6.04 Å². The Morgan fingerprint density at radius 1 is 1.80 bits per heavy atom. The van der Waals surface area contributed by atoms with E-state index in [4.69, 9.17) is 4.74 Å². The minimum atomic E-state index is -0.544. The highest BCUT2D eigenvalue weighted by molar-refractivity contribution is 5.75. The molecule has 0 radical (unpaired) electrons. The summed E-state index contributed by atoms with van der Waals surface area (Å²) < 4.78 is 16.9. The van der Waals surface area contributed by atoms with Gasteiger partial charge in [-0.2, -0.15) is 0 Å². The summed E-state index contributed by atoms with van der Waals surface area (Å²) in [7, 11) is 0. The molecule has 0 aliphatic carbocycles. The second kappa shape index (κ2) is 2.82. The van der Waals surface area contributed by atoms with Crippen LogP contribution in [0.5, 0.6) is 0 Å². The van der Waals surface area contributed by atoms with E-state index in [1.807, 2.05) is 6.92 Å². The number of halogens is 1. The molecule has 1 aliphatic heterocycles. The molecule has 2 nitrogen and oxygen atoms in total. The normalized spacial score (nSPS) is 24.9. The van der Waals surface area contributed by atoms with Crippen molar-refractivity contribution in [3.8, 4) is 0 Å². The minimum absolute atomic E-state index is 0.0551. The summed E-state index contributed by atoms with van der Waals surface area (Å²) in [5.41, 5.74) is 0. The molecule has 3 heteroatoms. The Kier molecular flexibility index (Phi) is 2.04. The molecular formula is C7H10FNO. The van der Waals surface area contributed by atoms with Crippen LogP contribution in [0.2, 0.25) is 0 Å². The number of alkyl halides is 1. The monoisotopic (exact) mass is 143 g/mol. The maximum atomic E-state index is 12.0. The first-order valence-electron chi connectivity index (χ1n) is 3.21. The van der Waals surface area contributed by atoms with Crippen molar-refractivity contribution in [1.29, 1.82) is 0 Å². The van der Waals surface area contributed by atoms with Gasteiger partial charge >= 0.3 is 0 Å². The van der Waals surface area contributed by atoms with Crippen LogP contribution in [-0.4, -0.2) is 18.6 Å². The highest BCUT2D eigenvalue weighted by atomic mass is 19.1. The van der Waals surface area contributed by atoms with Gasteiger partial charge in [0.1, 0.15) is 12.4 Å². The molecule has 0 saturated heterocycles. The van der Waals surface area contributed by atoms with Crippen LogP contribution in [0, 0.1) is 0 Å². The quantitative estimate of drug-likeness (QED) is 0.547. The highest BCUT2D eigenvalue weighted by Crippen LogP contribution is 2.10. The fourth-order valence-corrected chi connectivity index (χ4v) is 0.915. The van der Waals surface area contributed by atoms with Crippen molar-refractivity contribution < 1.29 is 9.13 Å². The number of hydrogen-bond acceptors (Lipinski definition) is 2. The fourth-order valence-electron chi connectivity index (χ4n) is 0.915. The van der Waals surface area contributed by atoms with Gasteiger partial charge in [0.05, 0.1) is 6.04 Å². The van der Waals surface area contributed by atoms with Gasteiger partial charge in [-0.3, -0.25) is 0 Å². The van der Waals surface area contributed by atoms with Crippen LogP contribution in [0.3, 0.4) is 0 Å². The summed E-state index contributed by atoms with van der Waals surface area (Å²) in [5.74, 6) is 0.919. The van der Waals surface area contributed by atoms with Gasteiger partial charge in [0.2, 0.25) is 0 Å². The van der Waals surface area contributed by atoms with E-state index in [1.165, 1.54) is 0 Å². The molecule has 1 atom stereocenters. The van der Waals surface area contributed by atoms with Crippen LogP contribution in [0.15, 0.2) is 16.8 Å². The lowest BCUT2D eigenvalue weighted by Crippen LogP contribution is -2.12. The van der Waals surface area contributed by atoms with Crippen LogP contribution in [0.4, 0.5) is 4.39 Å². The molecule has 56 valence electrons. The summed E-state index contributed by atoms with van der Waals surface area (Å²) in [4.78, 5) is 4.03. The fraction of sp³-hybridized carbons (Fsp3) is 0.571. The third-order valence-electron chi connectivity index (χ3n) is 1.22. The van der Waals surface area contributed by atoms with Gasteiger partial charge < -0.3 is 4.74 Å². The van der Waals surface area contributed by atoms with Crippen LogP contribution < -0.4 is 0 Å². The molecule has 0 spiro atoms. The van der Waals surface area contributed by atoms with Crippen molar-refractivity contribution in [2.45, 2.75) is 19.9 Å². The van der Waals surface area contributed by atoms with E-state index in [9.17, 15) is 4.39 Å². The summed E-state index contributed by atoms with van der Waals surface area (Å²) in [6.45, 7) is 3.07. The van der Waals surface area contributed by atoms with E-state index in [2.05, 4.69) is 4.99 Å². The summed E-state index contributed by atoms with van der Waals surface area (Å²) >= 11 is 0. The smallest absolute Gasteiger partial charge is 0.187 e. The topological polar surface area (TPSA) is 21.6 Å². The SMILES string of the molecule is CC1=N[C@@H](C)C=C(CF)O1. The van der Waals surface area contributed by atoms with Gasteiger partial charge in [-0.25, -0.2) is 9.38 Å². The predicted octanol–water partition coefficient (Wildman–Crippen LogP) is 1.68. The van der Waals surface area contributed by atoms with Gasteiger partial charge in [0.15, 0.2) is 5.90 Å². The first-order valence-corrected chi connectivity index (χ1v) is 3.21. The van der Waals surface area contributed by atoms with Gasteiger partial charge in [-0.05, 0) is 13.0 Å². The minimum Gasteiger partial charge on any atom is -0.445 e. The maximum absolute atomic E-state index is 12.0. The van der Waals surface area contributed by atoms with Crippen LogP contribution in [0.1, 0.15) is 13.8 Å². The van der Waals surface area contributed by atoms with Crippen molar-refractivity contribution in [1.82, 2.24) is 0 Å². The average molecular weight is 143 g/mol. The van der Waals surface area contributed by atoms with E-state index in [0.29, 0.717) is 11.7 Å². The Morgan fingerprint density at radius 2 is 2.50 bits per heavy atom. The largest absolute Gasteiger partial charge is 0.445 e. The molecule has 1 heterocycles. The Bertz CT molecular complexity index is 186. The lowest BCUT2D eigenvalue weighted by atomic mass is 10.3. The first-order chi connectivity index (χ1) is 4.72. The van der Waals surface area contributed by atoms with Crippen molar-refractivity contribution >= 4 is 5.90 Å². The molecule has 0 aromatic carbocycles. The summed E-state index contributed by atoms with van der Waals surface area (Å²) in [5, 5.41) is 0. The van der Waals surface area contributed by atoms with E-state index >= 15 is 0 Å². The molecule has 0 N–H and O–H groups in total. The zero-order chi connectivity index (χ0) is 7.56. The first kappa shape index (κ1) is 7.25. The Morgan fingerprint density at radius 3 is 3.00 bits per heavy atom. The predicted molar refractivity (Wildman–Crippen MR) is 37.7 cm³/mol. The zero-order valence-electron chi connectivity index (χ0n) is 6.10. The average Bonchev–Trinajstić information content (AvgIpc) is 1.85. The second-order valence-corrected chi connectivity index (χ2v) is 2.26. The van der Waals surface area contributed by atoms with Gasteiger partial charge in [0, 0.05) is 6.92 Å². The van der Waals surface area contributed by atoms with Crippen LogP contribution >= 0.6 is 0 Å². The molecule has 0 unspecified atom stereocenters. The lowest BCUT2D eigenvalue weighted by molar-refractivity contribution is 0.334. The molecular weight excluding hydrogens is 133 g/mol. The molecule has 0 aromatic heterocycles. The molecule has 0 fully saturated rings. The maximum Gasteiger partial charge on any atom is 0.187 e. The number of rotatable bonds is 1. The van der Waals surface area contributed by atoms with E-state index < -0.39 is 6.67 Å². The molecule has 10 heavy (non-hydrogen) atoms. The number of hydrogen-bond donors (Lipinski definition) is 0. The standard InChI is InChI=1S/C7H10FNO/c1-5-3-7(4-8)10-6(2)9-5/h3,5H,4H2,1-2H3/t5-/m0/s1. The number of ether oxygens (including phenoxy) is 1. The van der Waals surface area contributed by atoms with E-state index in [1.54, 1.807) is 13.0 Å². The number of aliphatic imine (C=N–C) groups is 1. The molecule has 0 amide bonds. The molecule has 0 aromatic rings. The number of nitrogens with zero attached hydrogens (tertiary/aromatic N) is 1. The van der Waals surface area contributed by atoms with Crippen LogP contribution in [0.25, 0.3) is 0 Å². The summed E-state index contributed by atoms with van der Waals surface area (Å²) in [6.07, 6.45) is 1.67. The van der Waals surface area contributed by atoms with Crippen molar-refractivity contribution in [3.63, 3.8) is 0 Å². The van der Waals surface area contributed by atoms with Crippen molar-refractivity contribution in [3.05, 3.63) is 11.8 Å². The zero-order valence-corrected chi connectivity index (χ0v) is 6.10. The number of allylic oxidation sites excluding steroid dienone is 1. The van der Waals surface area contributed by atoms with Crippen LogP contribution in [-0.2, 0) is 4.74 Å². The third-order valence-corrected chi connectivity index (χ3v) is 1.22. The van der Waals surface area contributed by atoms with E-state index in [0.717, 1.165) is 0 Å². The molecule has 1 aliphatic rings. The van der Waals surface area contributed by atoms with Gasteiger partial charge in [-0.15, -0.1) is 0 Å². The molecule has 0 bridgehead atoms.